The fraction of sp³-hybridized carbons (Fsp3) is 0.667. The molecule has 0 rings (SSSR count). The van der Waals surface area contributed by atoms with Crippen molar-refractivity contribution in [2.45, 2.75) is 39.7 Å². The van der Waals surface area contributed by atoms with Crippen molar-refractivity contribution in [2.24, 2.45) is 0 Å². The molecule has 64 valence electrons. The molecular formula is C9H16O2. The molecule has 0 saturated heterocycles. The molecule has 0 spiro atoms. The van der Waals surface area contributed by atoms with Crippen LogP contribution in [0.2, 0.25) is 0 Å². The van der Waals surface area contributed by atoms with E-state index < -0.39 is 0 Å². The van der Waals surface area contributed by atoms with E-state index in [0.29, 0.717) is 0 Å². The van der Waals surface area contributed by atoms with Crippen LogP contribution in [-0.4, -0.2) is 12.1 Å². The lowest BCUT2D eigenvalue weighted by Crippen LogP contribution is -2.12. The molecule has 2 nitrogen and oxygen atoms in total. The van der Waals surface area contributed by atoms with E-state index in [2.05, 4.69) is 6.92 Å². The molecule has 0 aliphatic carbocycles. The number of carbonyl (C=O) groups excluding carboxylic acids is 1. The van der Waals surface area contributed by atoms with E-state index in [1.54, 1.807) is 13.0 Å². The molecule has 0 amide bonds. The van der Waals surface area contributed by atoms with Crippen molar-refractivity contribution in [3.63, 3.8) is 0 Å². The van der Waals surface area contributed by atoms with Gasteiger partial charge in [-0.15, -0.1) is 0 Å². The van der Waals surface area contributed by atoms with Crippen molar-refractivity contribution in [3.8, 4) is 0 Å². The van der Waals surface area contributed by atoms with Crippen LogP contribution in [0.5, 0.6) is 0 Å². The molecule has 0 aromatic rings. The van der Waals surface area contributed by atoms with Crippen LogP contribution in [0.1, 0.15) is 33.6 Å². The molecule has 11 heavy (non-hydrogen) atoms. The van der Waals surface area contributed by atoms with Crippen molar-refractivity contribution in [1.82, 2.24) is 0 Å². The summed E-state index contributed by atoms with van der Waals surface area (Å²) in [6.45, 7) is 5.77. The first-order chi connectivity index (χ1) is 5.20. The SMILES string of the molecule is C/C=C/C(=O)OC(C)CCC. The van der Waals surface area contributed by atoms with Gasteiger partial charge in [0.25, 0.3) is 0 Å². The summed E-state index contributed by atoms with van der Waals surface area (Å²) in [4.78, 5) is 10.8. The average Bonchev–Trinajstić information content (AvgIpc) is 1.87. The average molecular weight is 156 g/mol. The molecule has 0 heterocycles. The molecule has 1 unspecified atom stereocenters. The summed E-state index contributed by atoms with van der Waals surface area (Å²) in [5.74, 6) is -0.242. The van der Waals surface area contributed by atoms with E-state index in [-0.39, 0.29) is 12.1 Å². The van der Waals surface area contributed by atoms with Crippen molar-refractivity contribution < 1.29 is 9.53 Å². The standard InChI is InChI=1S/C9H16O2/c1-4-6-8(3)11-9(10)7-5-2/h5,7-8H,4,6H2,1-3H3/b7-5+. The fourth-order valence-corrected chi connectivity index (χ4v) is 0.839. The topological polar surface area (TPSA) is 26.3 Å². The van der Waals surface area contributed by atoms with Gasteiger partial charge < -0.3 is 4.74 Å². The fourth-order valence-electron chi connectivity index (χ4n) is 0.839. The summed E-state index contributed by atoms with van der Waals surface area (Å²) >= 11 is 0. The minimum atomic E-state index is -0.242. The Balaban J connectivity index is 3.57. The zero-order valence-electron chi connectivity index (χ0n) is 7.46. The van der Waals surface area contributed by atoms with Gasteiger partial charge in [-0.2, -0.15) is 0 Å². The summed E-state index contributed by atoms with van der Waals surface area (Å²) in [7, 11) is 0. The Hall–Kier alpha value is -0.790. The molecule has 0 radical (unpaired) electrons. The molecule has 1 atom stereocenters. The molecule has 0 aromatic heterocycles. The van der Waals surface area contributed by atoms with Gasteiger partial charge in [-0.05, 0) is 20.3 Å². The molecule has 0 aliphatic heterocycles. The van der Waals surface area contributed by atoms with E-state index in [1.165, 1.54) is 6.08 Å². The largest absolute Gasteiger partial charge is 0.460 e. The first-order valence-electron chi connectivity index (χ1n) is 4.04. The quantitative estimate of drug-likeness (QED) is 0.461. The zero-order chi connectivity index (χ0) is 8.69. The number of allylic oxidation sites excluding steroid dienone is 1. The molecule has 0 saturated carbocycles. The second-order valence-electron chi connectivity index (χ2n) is 2.54. The van der Waals surface area contributed by atoms with Crippen LogP contribution in [0.3, 0.4) is 0 Å². The van der Waals surface area contributed by atoms with Crippen molar-refractivity contribution in [3.05, 3.63) is 12.2 Å². The third-order valence-electron chi connectivity index (χ3n) is 1.32. The van der Waals surface area contributed by atoms with Gasteiger partial charge in [0.2, 0.25) is 0 Å². The minimum absolute atomic E-state index is 0.0451. The Labute approximate surface area is 68.2 Å². The number of hydrogen-bond acceptors (Lipinski definition) is 2. The molecule has 0 aliphatic rings. The molecule has 2 heteroatoms. The lowest BCUT2D eigenvalue weighted by atomic mass is 10.2. The van der Waals surface area contributed by atoms with Crippen LogP contribution >= 0.6 is 0 Å². The maximum atomic E-state index is 10.8. The number of ether oxygens (including phenoxy) is 1. The van der Waals surface area contributed by atoms with Crippen LogP contribution in [0.4, 0.5) is 0 Å². The smallest absolute Gasteiger partial charge is 0.330 e. The van der Waals surface area contributed by atoms with Gasteiger partial charge in [-0.1, -0.05) is 19.4 Å². The van der Waals surface area contributed by atoms with Gasteiger partial charge in [0, 0.05) is 6.08 Å². The predicted octanol–water partition coefficient (Wildman–Crippen LogP) is 2.29. The molecule has 0 aromatic carbocycles. The number of rotatable bonds is 4. The van der Waals surface area contributed by atoms with Crippen molar-refractivity contribution >= 4 is 5.97 Å². The second-order valence-corrected chi connectivity index (χ2v) is 2.54. The zero-order valence-corrected chi connectivity index (χ0v) is 7.46. The summed E-state index contributed by atoms with van der Waals surface area (Å²) < 4.78 is 5.01. The van der Waals surface area contributed by atoms with Gasteiger partial charge in [-0.25, -0.2) is 4.79 Å². The number of esters is 1. The first-order valence-corrected chi connectivity index (χ1v) is 4.04. The number of carbonyl (C=O) groups is 1. The van der Waals surface area contributed by atoms with Crippen molar-refractivity contribution in [2.75, 3.05) is 0 Å². The lowest BCUT2D eigenvalue weighted by molar-refractivity contribution is -0.142. The van der Waals surface area contributed by atoms with Crippen LogP contribution < -0.4 is 0 Å². The third kappa shape index (κ3) is 5.64. The number of hydrogen-bond donors (Lipinski definition) is 0. The van der Waals surface area contributed by atoms with Crippen LogP contribution in [0.15, 0.2) is 12.2 Å². The summed E-state index contributed by atoms with van der Waals surface area (Å²) in [6, 6.07) is 0. The summed E-state index contributed by atoms with van der Waals surface area (Å²) in [6.07, 6.45) is 5.14. The first kappa shape index (κ1) is 10.2. The summed E-state index contributed by atoms with van der Waals surface area (Å²) in [5, 5.41) is 0. The molecule has 0 N–H and O–H groups in total. The van der Waals surface area contributed by atoms with E-state index in [9.17, 15) is 4.79 Å². The predicted molar refractivity (Wildman–Crippen MR) is 45.3 cm³/mol. The van der Waals surface area contributed by atoms with Crippen LogP contribution in [-0.2, 0) is 9.53 Å². The highest BCUT2D eigenvalue weighted by molar-refractivity contribution is 5.81. The highest BCUT2D eigenvalue weighted by Gasteiger charge is 2.03. The van der Waals surface area contributed by atoms with E-state index >= 15 is 0 Å². The highest BCUT2D eigenvalue weighted by Crippen LogP contribution is 2.00. The monoisotopic (exact) mass is 156 g/mol. The maximum absolute atomic E-state index is 10.8. The Kier molecular flexibility index (Phi) is 5.53. The van der Waals surface area contributed by atoms with Crippen LogP contribution in [0.25, 0.3) is 0 Å². The summed E-state index contributed by atoms with van der Waals surface area (Å²) in [5.41, 5.74) is 0. The van der Waals surface area contributed by atoms with Gasteiger partial charge in [0.15, 0.2) is 0 Å². The normalized spacial score (nSPS) is 13.4. The van der Waals surface area contributed by atoms with Gasteiger partial charge in [0.05, 0.1) is 6.10 Å². The molecular weight excluding hydrogens is 140 g/mol. The third-order valence-corrected chi connectivity index (χ3v) is 1.32. The Morgan fingerprint density at radius 3 is 2.73 bits per heavy atom. The lowest BCUT2D eigenvalue weighted by Gasteiger charge is -2.09. The van der Waals surface area contributed by atoms with E-state index in [1.807, 2.05) is 6.92 Å². The Bertz CT molecular complexity index is 138. The van der Waals surface area contributed by atoms with E-state index in [0.717, 1.165) is 12.8 Å². The molecule has 0 fully saturated rings. The van der Waals surface area contributed by atoms with E-state index in [4.69, 9.17) is 4.74 Å². The van der Waals surface area contributed by atoms with Gasteiger partial charge in [0.1, 0.15) is 0 Å². The minimum Gasteiger partial charge on any atom is -0.460 e. The van der Waals surface area contributed by atoms with Crippen LogP contribution in [0, 0.1) is 0 Å². The van der Waals surface area contributed by atoms with Gasteiger partial charge >= 0.3 is 5.97 Å². The Morgan fingerprint density at radius 1 is 1.64 bits per heavy atom. The van der Waals surface area contributed by atoms with Gasteiger partial charge in [-0.3, -0.25) is 0 Å². The van der Waals surface area contributed by atoms with Crippen molar-refractivity contribution in [1.29, 1.82) is 0 Å². The Morgan fingerprint density at radius 2 is 2.27 bits per heavy atom. The highest BCUT2D eigenvalue weighted by atomic mass is 16.5. The second kappa shape index (κ2) is 5.96. The maximum Gasteiger partial charge on any atom is 0.330 e. The molecule has 0 bridgehead atoms.